The second-order valence-corrected chi connectivity index (χ2v) is 10.2. The van der Waals surface area contributed by atoms with Crippen molar-refractivity contribution >= 4 is 33.0 Å². The van der Waals surface area contributed by atoms with E-state index in [4.69, 9.17) is 4.74 Å². The Labute approximate surface area is 199 Å². The number of nitro groups is 1. The van der Waals surface area contributed by atoms with Crippen molar-refractivity contribution in [2.24, 2.45) is 0 Å². The summed E-state index contributed by atoms with van der Waals surface area (Å²) < 4.78 is 32.1. The van der Waals surface area contributed by atoms with Gasteiger partial charge in [0.15, 0.2) is 12.4 Å². The van der Waals surface area contributed by atoms with Crippen LogP contribution >= 0.6 is 0 Å². The summed E-state index contributed by atoms with van der Waals surface area (Å²) in [5, 5.41) is 14.2. The van der Waals surface area contributed by atoms with Crippen molar-refractivity contribution in [3.63, 3.8) is 0 Å². The molecule has 1 fully saturated rings. The van der Waals surface area contributed by atoms with Gasteiger partial charge in [0.25, 0.3) is 5.91 Å². The van der Waals surface area contributed by atoms with Gasteiger partial charge >= 0.3 is 5.69 Å². The van der Waals surface area contributed by atoms with Gasteiger partial charge in [-0.05, 0) is 70.0 Å². The molecule has 1 aliphatic heterocycles. The van der Waals surface area contributed by atoms with Gasteiger partial charge in [0.2, 0.25) is 10.0 Å². The van der Waals surface area contributed by atoms with Crippen molar-refractivity contribution in [2.45, 2.75) is 44.6 Å². The van der Waals surface area contributed by atoms with Crippen LogP contribution in [0, 0.1) is 10.1 Å². The molecule has 2 aromatic rings. The number of ether oxygens (including phenoxy) is 1. The Hall–Kier alpha value is -3.18. The number of anilines is 2. The molecule has 184 valence electrons. The van der Waals surface area contributed by atoms with Crippen LogP contribution in [0.15, 0.2) is 47.4 Å². The van der Waals surface area contributed by atoms with Crippen LogP contribution in [0.4, 0.5) is 17.1 Å². The van der Waals surface area contributed by atoms with E-state index in [1.165, 1.54) is 16.4 Å². The lowest BCUT2D eigenvalue weighted by molar-refractivity contribution is -0.386. The molecule has 0 saturated carbocycles. The molecular formula is C23H30N4O6S. The number of carbonyl (C=O) groups excluding carboxylic acids is 1. The van der Waals surface area contributed by atoms with Crippen LogP contribution in [-0.4, -0.2) is 55.8 Å². The molecule has 0 unspecified atom stereocenters. The highest BCUT2D eigenvalue weighted by molar-refractivity contribution is 7.89. The molecule has 0 aliphatic carbocycles. The van der Waals surface area contributed by atoms with E-state index in [9.17, 15) is 23.3 Å². The first-order chi connectivity index (χ1) is 16.1. The second kappa shape index (κ2) is 10.8. The van der Waals surface area contributed by atoms with Crippen LogP contribution in [0.1, 0.15) is 33.6 Å². The van der Waals surface area contributed by atoms with Gasteiger partial charge in [-0.1, -0.05) is 0 Å². The number of nitrogens with zero attached hydrogens (tertiary/aromatic N) is 3. The molecule has 0 bridgehead atoms. The molecule has 10 nitrogen and oxygen atoms in total. The number of nitrogens with one attached hydrogen (secondary N) is 1. The van der Waals surface area contributed by atoms with Gasteiger partial charge in [0.05, 0.1) is 9.82 Å². The third kappa shape index (κ3) is 5.84. The minimum atomic E-state index is -3.81. The number of nitro benzene ring substituents is 1. The van der Waals surface area contributed by atoms with Crippen LogP contribution in [0.25, 0.3) is 0 Å². The average molecular weight is 491 g/mol. The minimum Gasteiger partial charge on any atom is -0.477 e. The Balaban J connectivity index is 1.66. The van der Waals surface area contributed by atoms with Crippen molar-refractivity contribution in [1.29, 1.82) is 0 Å². The lowest BCUT2D eigenvalue weighted by atomic mass is 10.2. The molecule has 1 aliphatic rings. The van der Waals surface area contributed by atoms with Crippen molar-refractivity contribution in [3.05, 3.63) is 52.6 Å². The Morgan fingerprint density at radius 2 is 1.82 bits per heavy atom. The normalized spacial score (nSPS) is 14.2. The highest BCUT2D eigenvalue weighted by atomic mass is 32.2. The third-order valence-corrected chi connectivity index (χ3v) is 7.53. The summed E-state index contributed by atoms with van der Waals surface area (Å²) in [4.78, 5) is 25.2. The molecule has 1 heterocycles. The first-order valence-corrected chi connectivity index (χ1v) is 12.7. The summed E-state index contributed by atoms with van der Waals surface area (Å²) in [5.41, 5.74) is 1.09. The lowest BCUT2D eigenvalue weighted by Gasteiger charge is -2.27. The standard InChI is InChI=1S/C23H30N4O6S/c1-4-26(17(2)3)19-9-7-18(8-10-19)24-23(28)16-33-22-12-11-20(15-21(22)27(29)30)34(31,32)25-13-5-6-14-25/h7-12,15,17H,4-6,13-14,16H2,1-3H3,(H,24,28). The first kappa shape index (κ1) is 25.4. The van der Waals surface area contributed by atoms with Crippen LogP contribution in [0.5, 0.6) is 5.75 Å². The summed E-state index contributed by atoms with van der Waals surface area (Å²) in [7, 11) is -3.81. The zero-order chi connectivity index (χ0) is 24.9. The van der Waals surface area contributed by atoms with Gasteiger partial charge in [0, 0.05) is 43.1 Å². The summed E-state index contributed by atoms with van der Waals surface area (Å²) in [6, 6.07) is 11.2. The second-order valence-electron chi connectivity index (χ2n) is 8.26. The predicted molar refractivity (Wildman–Crippen MR) is 130 cm³/mol. The molecule has 2 aromatic carbocycles. The molecule has 0 aromatic heterocycles. The highest BCUT2D eigenvalue weighted by Crippen LogP contribution is 2.32. The Bertz CT molecular complexity index is 1130. The first-order valence-electron chi connectivity index (χ1n) is 11.2. The summed E-state index contributed by atoms with van der Waals surface area (Å²) in [6.07, 6.45) is 1.52. The highest BCUT2D eigenvalue weighted by Gasteiger charge is 2.30. The van der Waals surface area contributed by atoms with Crippen molar-refractivity contribution < 1.29 is 22.9 Å². The van der Waals surface area contributed by atoms with Gasteiger partial charge in [-0.3, -0.25) is 14.9 Å². The molecule has 3 rings (SSSR count). The molecule has 1 saturated heterocycles. The fourth-order valence-electron chi connectivity index (χ4n) is 3.92. The molecule has 1 N–H and O–H groups in total. The zero-order valence-electron chi connectivity index (χ0n) is 19.6. The van der Waals surface area contributed by atoms with Gasteiger partial charge in [0.1, 0.15) is 0 Å². The molecule has 11 heteroatoms. The topological polar surface area (TPSA) is 122 Å². The molecule has 34 heavy (non-hydrogen) atoms. The van der Waals surface area contributed by atoms with Crippen LogP contribution in [0.2, 0.25) is 0 Å². The SMILES string of the molecule is CCN(c1ccc(NC(=O)COc2ccc(S(=O)(=O)N3CCCC3)cc2[N+](=O)[O-])cc1)C(C)C. The largest absolute Gasteiger partial charge is 0.477 e. The molecular weight excluding hydrogens is 460 g/mol. The van der Waals surface area contributed by atoms with Gasteiger partial charge < -0.3 is 15.0 Å². The number of sulfonamides is 1. The predicted octanol–water partition coefficient (Wildman–Crippen LogP) is 3.63. The molecule has 0 atom stereocenters. The van der Waals surface area contributed by atoms with Crippen molar-refractivity contribution in [1.82, 2.24) is 4.31 Å². The van der Waals surface area contributed by atoms with E-state index < -0.39 is 33.1 Å². The Morgan fingerprint density at radius 1 is 1.18 bits per heavy atom. The van der Waals surface area contributed by atoms with Crippen LogP contribution < -0.4 is 15.0 Å². The summed E-state index contributed by atoms with van der Waals surface area (Å²) in [5.74, 6) is -0.668. The average Bonchev–Trinajstić information content (AvgIpc) is 3.35. The fraction of sp³-hybridized carbons (Fsp3) is 0.435. The van der Waals surface area contributed by atoms with E-state index in [1.54, 1.807) is 12.1 Å². The lowest BCUT2D eigenvalue weighted by Crippen LogP contribution is -2.30. The van der Waals surface area contributed by atoms with E-state index in [2.05, 4.69) is 31.0 Å². The number of amides is 1. The minimum absolute atomic E-state index is 0.166. The van der Waals surface area contributed by atoms with E-state index in [-0.39, 0.29) is 10.6 Å². The monoisotopic (exact) mass is 490 g/mol. The zero-order valence-corrected chi connectivity index (χ0v) is 20.4. The maximum Gasteiger partial charge on any atom is 0.312 e. The molecule has 0 spiro atoms. The van der Waals surface area contributed by atoms with E-state index in [0.717, 1.165) is 31.1 Å². The van der Waals surface area contributed by atoms with Crippen LogP contribution in [0.3, 0.4) is 0 Å². The van der Waals surface area contributed by atoms with Crippen molar-refractivity contribution in [3.8, 4) is 5.75 Å². The quantitative estimate of drug-likeness (QED) is 0.399. The van der Waals surface area contributed by atoms with Gasteiger partial charge in [-0.2, -0.15) is 4.31 Å². The number of rotatable bonds is 10. The molecule has 1 amide bonds. The van der Waals surface area contributed by atoms with E-state index >= 15 is 0 Å². The van der Waals surface area contributed by atoms with E-state index in [1.807, 2.05) is 12.1 Å². The molecule has 0 radical (unpaired) electrons. The Kier molecular flexibility index (Phi) is 8.11. The van der Waals surface area contributed by atoms with Gasteiger partial charge in [-0.15, -0.1) is 0 Å². The summed E-state index contributed by atoms with van der Waals surface area (Å²) in [6.45, 7) is 7.45. The smallest absolute Gasteiger partial charge is 0.312 e. The van der Waals surface area contributed by atoms with Crippen molar-refractivity contribution in [2.75, 3.05) is 36.5 Å². The maximum atomic E-state index is 12.7. The number of carbonyl (C=O) groups is 1. The van der Waals surface area contributed by atoms with Crippen LogP contribution in [-0.2, 0) is 14.8 Å². The Morgan fingerprint density at radius 3 is 2.38 bits per heavy atom. The third-order valence-electron chi connectivity index (χ3n) is 5.64. The number of hydrogen-bond acceptors (Lipinski definition) is 7. The van der Waals surface area contributed by atoms with E-state index in [0.29, 0.717) is 24.8 Å². The maximum absolute atomic E-state index is 12.7. The summed E-state index contributed by atoms with van der Waals surface area (Å²) >= 11 is 0. The fourth-order valence-corrected chi connectivity index (χ4v) is 5.46. The number of hydrogen-bond donors (Lipinski definition) is 1. The number of benzene rings is 2. The van der Waals surface area contributed by atoms with Gasteiger partial charge in [-0.25, -0.2) is 8.42 Å².